The van der Waals surface area contributed by atoms with Crippen LogP contribution in [0.1, 0.15) is 64.0 Å². The van der Waals surface area contributed by atoms with Gasteiger partial charge in [-0.25, -0.2) is 0 Å². The van der Waals surface area contributed by atoms with Gasteiger partial charge in [0.1, 0.15) is 22.9 Å². The second kappa shape index (κ2) is 8.33. The Hall–Kier alpha value is -2.10. The van der Waals surface area contributed by atoms with Crippen LogP contribution in [0.5, 0.6) is 11.5 Å². The molecule has 1 aromatic rings. The molecule has 0 amide bonds. The monoisotopic (exact) mass is 398 g/mol. The van der Waals surface area contributed by atoms with Crippen LogP contribution >= 0.6 is 0 Å². The Balaban J connectivity index is 1.41. The molecule has 2 unspecified atom stereocenters. The third-order valence-corrected chi connectivity index (χ3v) is 6.41. The molecule has 2 atom stereocenters. The molecule has 2 aliphatic heterocycles. The molecule has 0 saturated carbocycles. The molecule has 1 N–H and O–H groups in total. The zero-order valence-corrected chi connectivity index (χ0v) is 18.0. The van der Waals surface area contributed by atoms with Crippen LogP contribution in [0.25, 0.3) is 0 Å². The number of rotatable bonds is 6. The lowest BCUT2D eigenvalue weighted by Gasteiger charge is -2.37. The summed E-state index contributed by atoms with van der Waals surface area (Å²) in [5.41, 5.74) is 2.34. The summed E-state index contributed by atoms with van der Waals surface area (Å²) in [6.45, 7) is 7.82. The van der Waals surface area contributed by atoms with Gasteiger partial charge < -0.3 is 19.3 Å². The Morgan fingerprint density at radius 2 is 2.10 bits per heavy atom. The highest BCUT2D eigenvalue weighted by Crippen LogP contribution is 2.44. The van der Waals surface area contributed by atoms with Gasteiger partial charge in [0.2, 0.25) is 0 Å². The van der Waals surface area contributed by atoms with E-state index in [1.807, 2.05) is 0 Å². The fourth-order valence-electron chi connectivity index (χ4n) is 4.65. The molecule has 4 heteroatoms. The fourth-order valence-corrected chi connectivity index (χ4v) is 4.65. The number of ether oxygens (including phenoxy) is 3. The van der Waals surface area contributed by atoms with Crippen molar-refractivity contribution in [3.8, 4) is 11.5 Å². The minimum absolute atomic E-state index is 0.0948. The maximum Gasteiger partial charge on any atom is 0.129 e. The van der Waals surface area contributed by atoms with Crippen LogP contribution in [-0.4, -0.2) is 23.9 Å². The third kappa shape index (κ3) is 4.41. The molecule has 0 bridgehead atoms. The van der Waals surface area contributed by atoms with E-state index < -0.39 is 0 Å². The molecule has 0 aromatic heterocycles. The first-order chi connectivity index (χ1) is 14.0. The van der Waals surface area contributed by atoms with Gasteiger partial charge in [-0.2, -0.15) is 0 Å². The van der Waals surface area contributed by atoms with Gasteiger partial charge in [-0.15, -0.1) is 0 Å². The maximum absolute atomic E-state index is 10.7. The van der Waals surface area contributed by atoms with Crippen molar-refractivity contribution in [3.05, 3.63) is 46.9 Å². The van der Waals surface area contributed by atoms with Crippen molar-refractivity contribution in [2.75, 3.05) is 13.2 Å². The molecule has 0 radical (unpaired) electrons. The predicted octanol–water partition coefficient (Wildman–Crippen LogP) is 5.89. The minimum atomic E-state index is -0.111. The van der Waals surface area contributed by atoms with Crippen molar-refractivity contribution in [1.29, 1.82) is 0 Å². The number of unbranched alkanes of at least 4 members (excludes halogenated alkanes) is 2. The lowest BCUT2D eigenvalue weighted by molar-refractivity contribution is 0.0812. The van der Waals surface area contributed by atoms with Crippen LogP contribution in [-0.2, 0) is 17.6 Å². The number of aliphatic hydroxyl groups excluding tert-OH is 1. The fraction of sp³-hybridized carbons (Fsp3) is 0.600. The summed E-state index contributed by atoms with van der Waals surface area (Å²) in [6, 6.07) is 4.24. The summed E-state index contributed by atoms with van der Waals surface area (Å²) in [4.78, 5) is 0. The Labute approximate surface area is 174 Å². The molecule has 158 valence electrons. The second-order valence-electron chi connectivity index (χ2n) is 9.24. The van der Waals surface area contributed by atoms with Crippen molar-refractivity contribution < 1.29 is 19.3 Å². The SMILES string of the molecule is CCCCCOC1=CCC(C2COc3c(ccc4c3CCC(C)(C)O4)C2)C(O)=C1. The molecule has 4 rings (SSSR count). The molecule has 2 heterocycles. The van der Waals surface area contributed by atoms with Gasteiger partial charge in [0.25, 0.3) is 0 Å². The molecule has 1 aromatic carbocycles. The van der Waals surface area contributed by atoms with Crippen LogP contribution in [0.4, 0.5) is 0 Å². The van der Waals surface area contributed by atoms with Gasteiger partial charge in [0.05, 0.1) is 19.0 Å². The average molecular weight is 399 g/mol. The van der Waals surface area contributed by atoms with Gasteiger partial charge in [-0.1, -0.05) is 25.8 Å². The minimum Gasteiger partial charge on any atom is -0.512 e. The molecular formula is C25H34O4. The highest BCUT2D eigenvalue weighted by atomic mass is 16.5. The standard InChI is InChI=1S/C25H34O4/c1-4-5-6-13-27-19-8-9-20(22(26)15-19)18-14-17-7-10-23-21(24(17)28-16-18)11-12-25(2,3)29-23/h7-8,10,15,18,20,26H,4-6,9,11-14,16H2,1-3H3. The predicted molar refractivity (Wildman–Crippen MR) is 115 cm³/mol. The van der Waals surface area contributed by atoms with Crippen LogP contribution in [0.2, 0.25) is 0 Å². The summed E-state index contributed by atoms with van der Waals surface area (Å²) in [5, 5.41) is 10.7. The largest absolute Gasteiger partial charge is 0.512 e. The zero-order valence-electron chi connectivity index (χ0n) is 18.0. The lowest BCUT2D eigenvalue weighted by Crippen LogP contribution is -2.34. The Bertz CT molecular complexity index is 805. The highest BCUT2D eigenvalue weighted by Gasteiger charge is 2.35. The number of benzene rings is 1. The normalized spacial score (nSPS) is 24.9. The summed E-state index contributed by atoms with van der Waals surface area (Å²) in [7, 11) is 0. The molecule has 1 aliphatic carbocycles. The smallest absolute Gasteiger partial charge is 0.129 e. The lowest BCUT2D eigenvalue weighted by atomic mass is 9.79. The van der Waals surface area contributed by atoms with Gasteiger partial charge in [0.15, 0.2) is 0 Å². The number of hydrogen-bond donors (Lipinski definition) is 1. The number of allylic oxidation sites excluding steroid dienone is 3. The van der Waals surface area contributed by atoms with Gasteiger partial charge in [-0.05, 0) is 63.7 Å². The van der Waals surface area contributed by atoms with E-state index in [1.54, 1.807) is 6.08 Å². The van der Waals surface area contributed by atoms with Gasteiger partial charge in [-0.3, -0.25) is 0 Å². The van der Waals surface area contributed by atoms with Crippen LogP contribution < -0.4 is 9.47 Å². The molecular weight excluding hydrogens is 364 g/mol. The van der Waals surface area contributed by atoms with Crippen LogP contribution in [0, 0.1) is 11.8 Å². The first-order valence-electron chi connectivity index (χ1n) is 11.2. The topological polar surface area (TPSA) is 47.9 Å². The van der Waals surface area contributed by atoms with Crippen molar-refractivity contribution in [3.63, 3.8) is 0 Å². The molecule has 4 nitrogen and oxygen atoms in total. The van der Waals surface area contributed by atoms with Crippen LogP contribution in [0.3, 0.4) is 0 Å². The average Bonchev–Trinajstić information content (AvgIpc) is 2.70. The summed E-state index contributed by atoms with van der Waals surface area (Å²) < 4.78 is 18.2. The van der Waals surface area contributed by atoms with E-state index in [1.165, 1.54) is 24.0 Å². The highest BCUT2D eigenvalue weighted by molar-refractivity contribution is 5.52. The van der Waals surface area contributed by atoms with E-state index in [2.05, 4.69) is 39.0 Å². The maximum atomic E-state index is 10.7. The Morgan fingerprint density at radius 1 is 1.24 bits per heavy atom. The second-order valence-corrected chi connectivity index (χ2v) is 9.24. The summed E-state index contributed by atoms with van der Waals surface area (Å²) >= 11 is 0. The Morgan fingerprint density at radius 3 is 2.90 bits per heavy atom. The van der Waals surface area contributed by atoms with Crippen molar-refractivity contribution in [1.82, 2.24) is 0 Å². The molecule has 29 heavy (non-hydrogen) atoms. The van der Waals surface area contributed by atoms with E-state index in [9.17, 15) is 5.11 Å². The molecule has 0 fully saturated rings. The number of hydrogen-bond acceptors (Lipinski definition) is 4. The van der Waals surface area contributed by atoms with Gasteiger partial charge >= 0.3 is 0 Å². The molecule has 3 aliphatic rings. The van der Waals surface area contributed by atoms with Gasteiger partial charge in [0, 0.05) is 23.5 Å². The number of fused-ring (bicyclic) bond motifs is 3. The molecule has 0 saturated heterocycles. The first-order valence-corrected chi connectivity index (χ1v) is 11.2. The van der Waals surface area contributed by atoms with Crippen LogP contribution in [0.15, 0.2) is 35.8 Å². The van der Waals surface area contributed by atoms with Crippen molar-refractivity contribution in [2.24, 2.45) is 11.8 Å². The quantitative estimate of drug-likeness (QED) is 0.607. The summed E-state index contributed by atoms with van der Waals surface area (Å²) in [5.74, 6) is 3.59. The first kappa shape index (κ1) is 20.2. The van der Waals surface area contributed by atoms with E-state index in [0.29, 0.717) is 12.4 Å². The van der Waals surface area contributed by atoms with E-state index in [0.717, 1.165) is 56.0 Å². The Kier molecular flexibility index (Phi) is 5.80. The number of aliphatic hydroxyl groups is 1. The van der Waals surface area contributed by atoms with E-state index in [-0.39, 0.29) is 17.4 Å². The summed E-state index contributed by atoms with van der Waals surface area (Å²) in [6.07, 6.45) is 11.1. The van der Waals surface area contributed by atoms with Crippen molar-refractivity contribution >= 4 is 0 Å². The van der Waals surface area contributed by atoms with E-state index in [4.69, 9.17) is 14.2 Å². The van der Waals surface area contributed by atoms with E-state index >= 15 is 0 Å². The van der Waals surface area contributed by atoms with Crippen molar-refractivity contribution in [2.45, 2.75) is 71.3 Å². The zero-order chi connectivity index (χ0) is 20.4. The third-order valence-electron chi connectivity index (χ3n) is 6.41. The molecule has 0 spiro atoms.